The molecule has 0 aliphatic carbocycles. The average molecular weight is 243 g/mol. The smallest absolute Gasteiger partial charge is 0.284 e. The van der Waals surface area contributed by atoms with Crippen molar-refractivity contribution in [2.24, 2.45) is 0 Å². The zero-order chi connectivity index (χ0) is 12.6. The Hall–Kier alpha value is -2.35. The summed E-state index contributed by atoms with van der Waals surface area (Å²) in [4.78, 5) is 4.02. The third-order valence-electron chi connectivity index (χ3n) is 2.16. The molecule has 0 atom stereocenters. The van der Waals surface area contributed by atoms with Crippen LogP contribution in [0.25, 0.3) is 11.3 Å². The zero-order valence-electron chi connectivity index (χ0n) is 10.1. The van der Waals surface area contributed by atoms with Gasteiger partial charge in [0, 0.05) is 30.8 Å². The second kappa shape index (κ2) is 6.40. The molecule has 5 heteroatoms. The summed E-state index contributed by atoms with van der Waals surface area (Å²) in [6.07, 6.45) is 4.89. The summed E-state index contributed by atoms with van der Waals surface area (Å²) in [7, 11) is 0. The van der Waals surface area contributed by atoms with Gasteiger partial charge >= 0.3 is 0 Å². The molecule has 2 heterocycles. The van der Waals surface area contributed by atoms with Crippen LogP contribution < -0.4 is 4.74 Å². The molecule has 0 radical (unpaired) electrons. The number of hydrogen-bond acceptors (Lipinski definition) is 5. The van der Waals surface area contributed by atoms with Crippen molar-refractivity contribution < 1.29 is 9.37 Å². The fraction of sp³-hybridized carbons (Fsp3) is 0.308. The quantitative estimate of drug-likeness (QED) is 0.609. The van der Waals surface area contributed by atoms with E-state index in [0.717, 1.165) is 12.0 Å². The van der Waals surface area contributed by atoms with Crippen molar-refractivity contribution in [1.82, 2.24) is 15.3 Å². The van der Waals surface area contributed by atoms with Crippen LogP contribution in [0.3, 0.4) is 0 Å². The van der Waals surface area contributed by atoms with Crippen LogP contribution >= 0.6 is 0 Å². The molecule has 0 saturated carbocycles. The van der Waals surface area contributed by atoms with Gasteiger partial charge in [0.15, 0.2) is 5.69 Å². The molecular weight excluding hydrogens is 230 g/mol. The van der Waals surface area contributed by atoms with Crippen molar-refractivity contribution in [3.63, 3.8) is 0 Å². The van der Waals surface area contributed by atoms with Crippen LogP contribution in [0, 0.1) is 11.8 Å². The third kappa shape index (κ3) is 3.08. The van der Waals surface area contributed by atoms with Gasteiger partial charge in [-0.05, 0) is 22.4 Å². The van der Waals surface area contributed by atoms with Gasteiger partial charge in [-0.25, -0.2) is 4.63 Å². The van der Waals surface area contributed by atoms with Gasteiger partial charge in [-0.15, -0.1) is 5.92 Å². The van der Waals surface area contributed by atoms with Crippen LogP contribution in [0.5, 0.6) is 5.88 Å². The lowest BCUT2D eigenvalue weighted by atomic mass is 10.2. The molecule has 0 fully saturated rings. The van der Waals surface area contributed by atoms with Gasteiger partial charge in [-0.2, -0.15) is 0 Å². The first-order valence-electron chi connectivity index (χ1n) is 5.73. The van der Waals surface area contributed by atoms with Gasteiger partial charge in [0.05, 0.1) is 0 Å². The highest BCUT2D eigenvalue weighted by Gasteiger charge is 2.13. The number of hydrogen-bond donors (Lipinski definition) is 0. The standard InChI is InChI=1S/C13H13N3O2/c1-2-3-4-5-9-17-13-12(15-18-16-13)11-7-6-8-14-10-11/h6-8,10H,2,5,9H2,1H3. The molecule has 0 aromatic carbocycles. The molecule has 2 rings (SSSR count). The molecule has 0 spiro atoms. The largest absolute Gasteiger partial charge is 0.473 e. The highest BCUT2D eigenvalue weighted by molar-refractivity contribution is 5.62. The summed E-state index contributed by atoms with van der Waals surface area (Å²) in [5.41, 5.74) is 1.37. The van der Waals surface area contributed by atoms with E-state index < -0.39 is 0 Å². The maximum Gasteiger partial charge on any atom is 0.284 e. The zero-order valence-corrected chi connectivity index (χ0v) is 10.1. The Morgan fingerprint density at radius 1 is 1.33 bits per heavy atom. The predicted molar refractivity (Wildman–Crippen MR) is 65.7 cm³/mol. The van der Waals surface area contributed by atoms with Crippen molar-refractivity contribution in [3.05, 3.63) is 24.5 Å². The molecule has 0 aliphatic rings. The summed E-state index contributed by atoms with van der Waals surface area (Å²) in [6, 6.07) is 3.69. The molecule has 0 bridgehead atoms. The minimum atomic E-state index is 0.376. The molecule has 0 unspecified atom stereocenters. The van der Waals surface area contributed by atoms with E-state index in [-0.39, 0.29) is 0 Å². The Balaban J connectivity index is 2.00. The van der Waals surface area contributed by atoms with Crippen LogP contribution in [0.1, 0.15) is 19.8 Å². The van der Waals surface area contributed by atoms with Crippen LogP contribution in [0.2, 0.25) is 0 Å². The summed E-state index contributed by atoms with van der Waals surface area (Å²) in [5, 5.41) is 7.54. The van der Waals surface area contributed by atoms with E-state index in [2.05, 4.69) is 31.8 Å². The topological polar surface area (TPSA) is 61.0 Å². The van der Waals surface area contributed by atoms with Crippen LogP contribution in [-0.2, 0) is 0 Å². The van der Waals surface area contributed by atoms with E-state index in [0.29, 0.717) is 24.6 Å². The van der Waals surface area contributed by atoms with E-state index >= 15 is 0 Å². The first-order chi connectivity index (χ1) is 8.92. The van der Waals surface area contributed by atoms with Gasteiger partial charge in [0.25, 0.3) is 5.88 Å². The molecule has 0 amide bonds. The lowest BCUT2D eigenvalue weighted by molar-refractivity contribution is 0.259. The van der Waals surface area contributed by atoms with Crippen LogP contribution in [0.4, 0.5) is 0 Å². The highest BCUT2D eigenvalue weighted by atomic mass is 16.6. The molecule has 92 valence electrons. The second-order valence-electron chi connectivity index (χ2n) is 3.47. The fourth-order valence-corrected chi connectivity index (χ4v) is 1.37. The van der Waals surface area contributed by atoms with Crippen molar-refractivity contribution in [2.45, 2.75) is 19.8 Å². The van der Waals surface area contributed by atoms with E-state index in [9.17, 15) is 0 Å². The molecule has 0 N–H and O–H groups in total. The maximum absolute atomic E-state index is 5.48. The molecule has 0 aliphatic heterocycles. The second-order valence-corrected chi connectivity index (χ2v) is 3.47. The summed E-state index contributed by atoms with van der Waals surface area (Å²) >= 11 is 0. The van der Waals surface area contributed by atoms with E-state index in [1.807, 2.05) is 19.1 Å². The number of aromatic nitrogens is 3. The lowest BCUT2D eigenvalue weighted by Crippen LogP contribution is -1.97. The number of ether oxygens (including phenoxy) is 1. The Bertz CT molecular complexity index is 540. The van der Waals surface area contributed by atoms with Crippen molar-refractivity contribution in [3.8, 4) is 29.0 Å². The Kier molecular flexibility index (Phi) is 4.31. The normalized spacial score (nSPS) is 9.61. The first-order valence-corrected chi connectivity index (χ1v) is 5.73. The summed E-state index contributed by atoms with van der Waals surface area (Å²) in [5.74, 6) is 6.34. The minimum absolute atomic E-state index is 0.376. The minimum Gasteiger partial charge on any atom is -0.473 e. The predicted octanol–water partition coefficient (Wildman–Crippen LogP) is 2.31. The number of rotatable bonds is 4. The van der Waals surface area contributed by atoms with E-state index in [1.165, 1.54) is 0 Å². The van der Waals surface area contributed by atoms with Crippen LogP contribution in [0.15, 0.2) is 29.2 Å². The Morgan fingerprint density at radius 3 is 3.06 bits per heavy atom. The first kappa shape index (κ1) is 12.1. The molecule has 5 nitrogen and oxygen atoms in total. The van der Waals surface area contributed by atoms with Gasteiger partial charge in [0.1, 0.15) is 6.61 Å². The molecular formula is C13H13N3O2. The van der Waals surface area contributed by atoms with Gasteiger partial charge in [-0.1, -0.05) is 12.8 Å². The molecule has 0 saturated heterocycles. The SMILES string of the molecule is CCC#CCCOc1nonc1-c1cccnc1. The van der Waals surface area contributed by atoms with Crippen LogP contribution in [-0.4, -0.2) is 21.9 Å². The third-order valence-corrected chi connectivity index (χ3v) is 2.16. The van der Waals surface area contributed by atoms with Gasteiger partial charge in [-0.3, -0.25) is 4.98 Å². The number of pyridine rings is 1. The Morgan fingerprint density at radius 2 is 2.28 bits per heavy atom. The highest BCUT2D eigenvalue weighted by Crippen LogP contribution is 2.24. The average Bonchev–Trinajstić information content (AvgIpc) is 2.88. The summed E-state index contributed by atoms with van der Waals surface area (Å²) in [6.45, 7) is 2.48. The van der Waals surface area contributed by atoms with Gasteiger partial charge in [0.2, 0.25) is 0 Å². The maximum atomic E-state index is 5.48. The fourth-order valence-electron chi connectivity index (χ4n) is 1.37. The van der Waals surface area contributed by atoms with E-state index in [1.54, 1.807) is 12.4 Å². The van der Waals surface area contributed by atoms with Gasteiger partial charge < -0.3 is 4.74 Å². The van der Waals surface area contributed by atoms with Crippen molar-refractivity contribution in [1.29, 1.82) is 0 Å². The van der Waals surface area contributed by atoms with Crippen molar-refractivity contribution in [2.75, 3.05) is 6.61 Å². The molecule has 18 heavy (non-hydrogen) atoms. The molecule has 2 aromatic rings. The number of nitrogens with zero attached hydrogens (tertiary/aromatic N) is 3. The van der Waals surface area contributed by atoms with Crippen molar-refractivity contribution >= 4 is 0 Å². The molecule has 2 aromatic heterocycles. The monoisotopic (exact) mass is 243 g/mol. The summed E-state index contributed by atoms with van der Waals surface area (Å²) < 4.78 is 10.2. The Labute approximate surface area is 105 Å². The lowest BCUT2D eigenvalue weighted by Gasteiger charge is -2.00. The van der Waals surface area contributed by atoms with E-state index in [4.69, 9.17) is 4.74 Å².